The summed E-state index contributed by atoms with van der Waals surface area (Å²) in [6.07, 6.45) is 2.13. The number of benzene rings is 1. The molecule has 0 saturated carbocycles. The second-order valence-corrected chi connectivity index (χ2v) is 4.26. The lowest BCUT2D eigenvalue weighted by molar-refractivity contribution is -0.117. The largest absolute Gasteiger partial charge is 0.325 e. The molecule has 1 heterocycles. The van der Waals surface area contributed by atoms with E-state index in [0.717, 1.165) is 11.3 Å². The lowest BCUT2D eigenvalue weighted by Gasteiger charge is -2.12. The second kappa shape index (κ2) is 5.57. The van der Waals surface area contributed by atoms with Crippen LogP contribution in [0.5, 0.6) is 0 Å². The Bertz CT molecular complexity index is 566. The first-order chi connectivity index (χ1) is 9.11. The molecule has 7 nitrogen and oxygen atoms in total. The summed E-state index contributed by atoms with van der Waals surface area (Å²) in [7, 11) is 0. The van der Waals surface area contributed by atoms with E-state index in [9.17, 15) is 4.79 Å². The normalized spacial score (nSPS) is 12.2. The summed E-state index contributed by atoms with van der Waals surface area (Å²) in [5.74, 6) is -0.183. The number of hydrogen-bond donors (Lipinski definition) is 2. The molecule has 3 N–H and O–H groups in total. The van der Waals surface area contributed by atoms with Gasteiger partial charge in [-0.2, -0.15) is 0 Å². The molecule has 0 unspecified atom stereocenters. The third kappa shape index (κ3) is 2.94. The quantitative estimate of drug-likeness (QED) is 0.840. The van der Waals surface area contributed by atoms with Gasteiger partial charge in [0.15, 0.2) is 0 Å². The van der Waals surface area contributed by atoms with Gasteiger partial charge in [-0.1, -0.05) is 6.92 Å². The first-order valence-corrected chi connectivity index (χ1v) is 6.02. The number of anilines is 1. The fraction of sp³-hybridized carbons (Fsp3) is 0.333. The van der Waals surface area contributed by atoms with Crippen molar-refractivity contribution in [2.75, 3.05) is 5.32 Å². The zero-order chi connectivity index (χ0) is 13.8. The fourth-order valence-corrected chi connectivity index (χ4v) is 1.68. The Morgan fingerprint density at radius 1 is 1.53 bits per heavy atom. The van der Waals surface area contributed by atoms with Crippen molar-refractivity contribution in [3.05, 3.63) is 30.1 Å². The summed E-state index contributed by atoms with van der Waals surface area (Å²) in [6.45, 7) is 3.79. The lowest BCUT2D eigenvalue weighted by Crippen LogP contribution is -2.34. The molecular weight excluding hydrogens is 244 g/mol. The summed E-state index contributed by atoms with van der Waals surface area (Å²) in [4.78, 5) is 11.7. The second-order valence-electron chi connectivity index (χ2n) is 4.26. The van der Waals surface area contributed by atoms with Gasteiger partial charge in [-0.3, -0.25) is 4.79 Å². The average Bonchev–Trinajstić information content (AvgIpc) is 2.91. The van der Waals surface area contributed by atoms with E-state index in [1.54, 1.807) is 10.7 Å². The Kier molecular flexibility index (Phi) is 3.86. The van der Waals surface area contributed by atoms with Crippen molar-refractivity contribution in [2.24, 2.45) is 5.73 Å². The van der Waals surface area contributed by atoms with Crippen LogP contribution in [0.2, 0.25) is 0 Å². The number of nitrogens with two attached hydrogens (primary N) is 1. The molecule has 1 atom stereocenters. The number of aryl methyl sites for hydroxylation is 1. The highest BCUT2D eigenvalue weighted by Gasteiger charge is 2.11. The molecule has 0 aliphatic heterocycles. The van der Waals surface area contributed by atoms with Gasteiger partial charge in [-0.15, -0.1) is 5.10 Å². The molecule has 1 aromatic carbocycles. The molecule has 7 heteroatoms. The smallest absolute Gasteiger partial charge is 0.241 e. The highest BCUT2D eigenvalue weighted by molar-refractivity contribution is 5.94. The van der Waals surface area contributed by atoms with Gasteiger partial charge >= 0.3 is 0 Å². The van der Waals surface area contributed by atoms with Crippen molar-refractivity contribution in [3.8, 4) is 5.69 Å². The van der Waals surface area contributed by atoms with Crippen LogP contribution in [0.1, 0.15) is 18.9 Å². The molecule has 0 bridgehead atoms. The van der Waals surface area contributed by atoms with Crippen LogP contribution in [0.15, 0.2) is 24.5 Å². The van der Waals surface area contributed by atoms with Crippen LogP contribution in [-0.2, 0) is 4.79 Å². The van der Waals surface area contributed by atoms with E-state index in [4.69, 9.17) is 5.73 Å². The number of nitrogens with one attached hydrogen (secondary N) is 1. The minimum absolute atomic E-state index is 0.183. The SMILES string of the molecule is CC[C@@H](N)C(=O)Nc1ccc(-n2cnnn2)c(C)c1. The molecule has 100 valence electrons. The maximum absolute atomic E-state index is 11.7. The van der Waals surface area contributed by atoms with Gasteiger partial charge in [0.2, 0.25) is 5.91 Å². The van der Waals surface area contributed by atoms with Gasteiger partial charge in [0, 0.05) is 5.69 Å². The lowest BCUT2D eigenvalue weighted by atomic mass is 10.1. The van der Waals surface area contributed by atoms with E-state index in [-0.39, 0.29) is 5.91 Å². The first-order valence-electron chi connectivity index (χ1n) is 6.02. The van der Waals surface area contributed by atoms with Crippen LogP contribution < -0.4 is 11.1 Å². The molecule has 2 rings (SSSR count). The van der Waals surface area contributed by atoms with E-state index in [2.05, 4.69) is 20.8 Å². The highest BCUT2D eigenvalue weighted by atomic mass is 16.2. The monoisotopic (exact) mass is 260 g/mol. The Morgan fingerprint density at radius 3 is 2.89 bits per heavy atom. The zero-order valence-electron chi connectivity index (χ0n) is 10.9. The van der Waals surface area contributed by atoms with Gasteiger partial charge in [0.25, 0.3) is 0 Å². The number of nitrogens with zero attached hydrogens (tertiary/aromatic N) is 4. The molecule has 0 aliphatic rings. The van der Waals surface area contributed by atoms with Gasteiger partial charge < -0.3 is 11.1 Å². The van der Waals surface area contributed by atoms with Gasteiger partial charge in [0.05, 0.1) is 11.7 Å². The predicted octanol–water partition coefficient (Wildman–Crippen LogP) is 0.647. The van der Waals surface area contributed by atoms with Crippen LogP contribution >= 0.6 is 0 Å². The Balaban J connectivity index is 2.18. The van der Waals surface area contributed by atoms with Crippen molar-refractivity contribution >= 4 is 11.6 Å². The van der Waals surface area contributed by atoms with Gasteiger partial charge in [0.1, 0.15) is 6.33 Å². The Hall–Kier alpha value is -2.28. The summed E-state index contributed by atoms with van der Waals surface area (Å²) in [5, 5.41) is 13.8. The Morgan fingerprint density at radius 2 is 2.32 bits per heavy atom. The molecule has 0 aliphatic carbocycles. The van der Waals surface area contributed by atoms with Crippen molar-refractivity contribution in [2.45, 2.75) is 26.3 Å². The molecule has 0 spiro atoms. The summed E-state index contributed by atoms with van der Waals surface area (Å²) in [6, 6.07) is 5.01. The molecule has 0 fully saturated rings. The number of hydrogen-bond acceptors (Lipinski definition) is 5. The molecule has 2 aromatic rings. The number of carbonyl (C=O) groups excluding carboxylic acids is 1. The zero-order valence-corrected chi connectivity index (χ0v) is 10.9. The summed E-state index contributed by atoms with van der Waals surface area (Å²) < 4.78 is 1.57. The van der Waals surface area contributed by atoms with E-state index < -0.39 is 6.04 Å². The summed E-state index contributed by atoms with van der Waals surface area (Å²) in [5.41, 5.74) is 8.20. The molecule has 19 heavy (non-hydrogen) atoms. The van der Waals surface area contributed by atoms with Crippen molar-refractivity contribution in [1.29, 1.82) is 0 Å². The number of amides is 1. The first kappa shape index (κ1) is 13.2. The topological polar surface area (TPSA) is 98.7 Å². The number of aromatic nitrogens is 4. The van der Waals surface area contributed by atoms with E-state index in [0.29, 0.717) is 12.1 Å². The minimum Gasteiger partial charge on any atom is -0.325 e. The predicted molar refractivity (Wildman–Crippen MR) is 70.8 cm³/mol. The highest BCUT2D eigenvalue weighted by Crippen LogP contribution is 2.17. The maximum atomic E-state index is 11.7. The standard InChI is InChI=1S/C12H16N6O/c1-3-10(13)12(19)15-9-4-5-11(8(2)6-9)18-7-14-16-17-18/h4-7,10H,3,13H2,1-2H3,(H,15,19)/t10-/m1/s1. The van der Waals surface area contributed by atoms with Crippen molar-refractivity contribution in [3.63, 3.8) is 0 Å². The summed E-state index contributed by atoms with van der Waals surface area (Å²) >= 11 is 0. The number of rotatable bonds is 4. The average molecular weight is 260 g/mol. The van der Waals surface area contributed by atoms with E-state index in [1.807, 2.05) is 26.0 Å². The molecule has 1 amide bonds. The maximum Gasteiger partial charge on any atom is 0.241 e. The third-order valence-corrected chi connectivity index (χ3v) is 2.84. The van der Waals surface area contributed by atoms with Crippen LogP contribution in [0.25, 0.3) is 5.69 Å². The van der Waals surface area contributed by atoms with Crippen molar-refractivity contribution in [1.82, 2.24) is 20.2 Å². The third-order valence-electron chi connectivity index (χ3n) is 2.84. The minimum atomic E-state index is -0.487. The molecule has 0 saturated heterocycles. The van der Waals surface area contributed by atoms with E-state index in [1.165, 1.54) is 6.33 Å². The van der Waals surface area contributed by atoms with Gasteiger partial charge in [-0.25, -0.2) is 4.68 Å². The van der Waals surface area contributed by atoms with Crippen LogP contribution in [0.3, 0.4) is 0 Å². The van der Waals surface area contributed by atoms with Crippen LogP contribution in [-0.4, -0.2) is 32.2 Å². The van der Waals surface area contributed by atoms with E-state index >= 15 is 0 Å². The van der Waals surface area contributed by atoms with Crippen LogP contribution in [0.4, 0.5) is 5.69 Å². The number of tetrazole rings is 1. The van der Waals surface area contributed by atoms with Crippen molar-refractivity contribution < 1.29 is 4.79 Å². The fourth-order valence-electron chi connectivity index (χ4n) is 1.68. The Labute approximate surface area is 110 Å². The molecule has 1 aromatic heterocycles. The van der Waals surface area contributed by atoms with Crippen LogP contribution in [0, 0.1) is 6.92 Å². The van der Waals surface area contributed by atoms with Gasteiger partial charge in [-0.05, 0) is 47.5 Å². The molecular formula is C12H16N6O. The molecule has 0 radical (unpaired) electrons. The number of carbonyl (C=O) groups is 1.